The fourth-order valence-corrected chi connectivity index (χ4v) is 2.68. The van der Waals surface area contributed by atoms with Crippen LogP contribution in [0.2, 0.25) is 0 Å². The zero-order chi connectivity index (χ0) is 12.6. The van der Waals surface area contributed by atoms with Crippen molar-refractivity contribution >= 4 is 0 Å². The molecule has 0 amide bonds. The van der Waals surface area contributed by atoms with Crippen molar-refractivity contribution in [2.75, 3.05) is 6.54 Å². The van der Waals surface area contributed by atoms with Gasteiger partial charge >= 0.3 is 0 Å². The van der Waals surface area contributed by atoms with Gasteiger partial charge in [0, 0.05) is 5.56 Å². The molecule has 0 radical (unpaired) electrons. The first-order chi connectivity index (χ1) is 8.06. The summed E-state index contributed by atoms with van der Waals surface area (Å²) in [5.74, 6) is 1.65. The molecule has 1 aromatic rings. The van der Waals surface area contributed by atoms with Crippen molar-refractivity contribution < 1.29 is 4.74 Å². The second-order valence-corrected chi connectivity index (χ2v) is 5.23. The van der Waals surface area contributed by atoms with Crippen LogP contribution in [0.4, 0.5) is 0 Å². The van der Waals surface area contributed by atoms with Gasteiger partial charge in [0.1, 0.15) is 11.9 Å². The number of hydrogen-bond acceptors (Lipinski definition) is 2. The van der Waals surface area contributed by atoms with Crippen molar-refractivity contribution in [3.63, 3.8) is 0 Å². The van der Waals surface area contributed by atoms with Crippen LogP contribution in [0, 0.1) is 6.92 Å². The van der Waals surface area contributed by atoms with Gasteiger partial charge in [-0.15, -0.1) is 0 Å². The van der Waals surface area contributed by atoms with E-state index in [9.17, 15) is 0 Å². The molecule has 94 valence electrons. The van der Waals surface area contributed by atoms with Gasteiger partial charge in [-0.25, -0.2) is 0 Å². The van der Waals surface area contributed by atoms with Gasteiger partial charge in [0.15, 0.2) is 0 Å². The van der Waals surface area contributed by atoms with Crippen LogP contribution >= 0.6 is 0 Å². The first-order valence-electron chi connectivity index (χ1n) is 6.59. The number of likely N-dealkylation sites (N-methyl/N-ethyl adjacent to an activating group) is 1. The molecule has 2 heteroatoms. The Hall–Kier alpha value is -1.02. The Morgan fingerprint density at radius 1 is 1.35 bits per heavy atom. The second kappa shape index (κ2) is 4.69. The van der Waals surface area contributed by atoms with Gasteiger partial charge in [0.25, 0.3) is 0 Å². The molecule has 0 fully saturated rings. The van der Waals surface area contributed by atoms with Crippen molar-refractivity contribution in [2.24, 2.45) is 0 Å². The molecule has 2 unspecified atom stereocenters. The summed E-state index contributed by atoms with van der Waals surface area (Å²) in [7, 11) is 0. The fourth-order valence-electron chi connectivity index (χ4n) is 2.68. The van der Waals surface area contributed by atoms with Crippen molar-refractivity contribution in [3.8, 4) is 5.75 Å². The normalized spacial score (nSPS) is 22.7. The van der Waals surface area contributed by atoms with E-state index in [4.69, 9.17) is 4.74 Å². The monoisotopic (exact) mass is 233 g/mol. The van der Waals surface area contributed by atoms with E-state index in [1.54, 1.807) is 0 Å². The summed E-state index contributed by atoms with van der Waals surface area (Å²) >= 11 is 0. The number of aryl methyl sites for hydroxylation is 1. The van der Waals surface area contributed by atoms with Crippen molar-refractivity contribution in [1.82, 2.24) is 5.32 Å². The Morgan fingerprint density at radius 3 is 2.65 bits per heavy atom. The van der Waals surface area contributed by atoms with E-state index >= 15 is 0 Å². The van der Waals surface area contributed by atoms with E-state index in [0.29, 0.717) is 12.0 Å². The SMILES string of the molecule is CCNC1c2c(C(C)C)ccc(C)c2OC1C. The summed E-state index contributed by atoms with van der Waals surface area (Å²) in [6.45, 7) is 11.9. The summed E-state index contributed by atoms with van der Waals surface area (Å²) in [5, 5.41) is 3.55. The van der Waals surface area contributed by atoms with Crippen LogP contribution in [0.25, 0.3) is 0 Å². The van der Waals surface area contributed by atoms with Gasteiger partial charge in [-0.3, -0.25) is 0 Å². The highest BCUT2D eigenvalue weighted by atomic mass is 16.5. The van der Waals surface area contributed by atoms with Crippen LogP contribution in [-0.4, -0.2) is 12.6 Å². The molecule has 2 nitrogen and oxygen atoms in total. The fraction of sp³-hybridized carbons (Fsp3) is 0.600. The summed E-state index contributed by atoms with van der Waals surface area (Å²) in [6.07, 6.45) is 0.226. The average Bonchev–Trinajstić information content (AvgIpc) is 2.58. The second-order valence-electron chi connectivity index (χ2n) is 5.23. The lowest BCUT2D eigenvalue weighted by molar-refractivity contribution is 0.210. The highest BCUT2D eigenvalue weighted by Crippen LogP contribution is 2.43. The van der Waals surface area contributed by atoms with Gasteiger partial charge in [-0.05, 0) is 37.4 Å². The Balaban J connectivity index is 2.52. The molecule has 1 heterocycles. The molecular weight excluding hydrogens is 210 g/mol. The molecule has 0 aromatic heterocycles. The zero-order valence-corrected chi connectivity index (χ0v) is 11.5. The zero-order valence-electron chi connectivity index (χ0n) is 11.5. The van der Waals surface area contributed by atoms with Crippen LogP contribution < -0.4 is 10.1 Å². The number of benzene rings is 1. The lowest BCUT2D eigenvalue weighted by Gasteiger charge is -2.19. The molecule has 0 saturated heterocycles. The maximum Gasteiger partial charge on any atom is 0.127 e. The smallest absolute Gasteiger partial charge is 0.127 e. The quantitative estimate of drug-likeness (QED) is 0.862. The minimum atomic E-state index is 0.226. The standard InChI is InChI=1S/C15H23NO/c1-6-16-14-11(5)17-15-10(4)7-8-12(9(2)3)13(14)15/h7-9,11,14,16H,6H2,1-5H3. The van der Waals surface area contributed by atoms with Crippen molar-refractivity contribution in [3.05, 3.63) is 28.8 Å². The van der Waals surface area contributed by atoms with Crippen LogP contribution in [0.15, 0.2) is 12.1 Å². The number of hydrogen-bond donors (Lipinski definition) is 1. The number of nitrogens with one attached hydrogen (secondary N) is 1. The van der Waals surface area contributed by atoms with Gasteiger partial charge in [-0.1, -0.05) is 32.9 Å². The molecule has 1 N–H and O–H groups in total. The molecule has 17 heavy (non-hydrogen) atoms. The molecule has 0 bridgehead atoms. The molecule has 1 aromatic carbocycles. The molecule has 1 aliphatic rings. The third-order valence-corrected chi connectivity index (χ3v) is 3.56. The number of ether oxygens (including phenoxy) is 1. The van der Waals surface area contributed by atoms with Gasteiger partial charge in [0.2, 0.25) is 0 Å². The van der Waals surface area contributed by atoms with E-state index in [2.05, 4.69) is 52.1 Å². The topological polar surface area (TPSA) is 21.3 Å². The minimum absolute atomic E-state index is 0.226. The number of rotatable bonds is 3. The highest BCUT2D eigenvalue weighted by Gasteiger charge is 2.34. The van der Waals surface area contributed by atoms with E-state index < -0.39 is 0 Å². The van der Waals surface area contributed by atoms with Crippen LogP contribution in [0.5, 0.6) is 5.75 Å². The third-order valence-electron chi connectivity index (χ3n) is 3.56. The summed E-state index contributed by atoms with van der Waals surface area (Å²) < 4.78 is 6.03. The first kappa shape index (κ1) is 12.4. The van der Waals surface area contributed by atoms with Crippen molar-refractivity contribution in [1.29, 1.82) is 0 Å². The minimum Gasteiger partial charge on any atom is -0.488 e. The predicted octanol–water partition coefficient (Wildman–Crippen LogP) is 3.55. The van der Waals surface area contributed by atoms with E-state index in [1.807, 2.05) is 0 Å². The Bertz CT molecular complexity index is 412. The Labute approximate surface area is 104 Å². The molecule has 0 aliphatic carbocycles. The molecular formula is C15H23NO. The molecule has 0 spiro atoms. The molecule has 1 aliphatic heterocycles. The van der Waals surface area contributed by atoms with E-state index in [-0.39, 0.29) is 6.10 Å². The summed E-state index contributed by atoms with van der Waals surface area (Å²) in [4.78, 5) is 0. The summed E-state index contributed by atoms with van der Waals surface area (Å²) in [6, 6.07) is 4.77. The lowest BCUT2D eigenvalue weighted by Crippen LogP contribution is -2.29. The molecule has 2 atom stereocenters. The third kappa shape index (κ3) is 2.06. The van der Waals surface area contributed by atoms with E-state index in [0.717, 1.165) is 12.3 Å². The highest BCUT2D eigenvalue weighted by molar-refractivity contribution is 5.52. The Morgan fingerprint density at radius 2 is 2.06 bits per heavy atom. The largest absolute Gasteiger partial charge is 0.488 e. The maximum atomic E-state index is 6.03. The van der Waals surface area contributed by atoms with E-state index in [1.165, 1.54) is 16.7 Å². The van der Waals surface area contributed by atoms with Gasteiger partial charge < -0.3 is 10.1 Å². The Kier molecular flexibility index (Phi) is 3.43. The van der Waals surface area contributed by atoms with Gasteiger partial charge in [-0.2, -0.15) is 0 Å². The van der Waals surface area contributed by atoms with Crippen molar-refractivity contribution in [2.45, 2.75) is 52.7 Å². The summed E-state index contributed by atoms with van der Waals surface area (Å²) in [5.41, 5.74) is 4.05. The van der Waals surface area contributed by atoms with Crippen LogP contribution in [0.1, 0.15) is 56.3 Å². The molecule has 0 saturated carbocycles. The first-order valence-corrected chi connectivity index (χ1v) is 6.59. The maximum absolute atomic E-state index is 6.03. The average molecular weight is 233 g/mol. The van der Waals surface area contributed by atoms with Crippen LogP contribution in [-0.2, 0) is 0 Å². The molecule has 2 rings (SSSR count). The predicted molar refractivity (Wildman–Crippen MR) is 71.8 cm³/mol. The lowest BCUT2D eigenvalue weighted by atomic mass is 9.90. The van der Waals surface area contributed by atoms with Gasteiger partial charge in [0.05, 0.1) is 6.04 Å². The van der Waals surface area contributed by atoms with Crippen LogP contribution in [0.3, 0.4) is 0 Å². The number of fused-ring (bicyclic) bond motifs is 1.